The number of rotatable bonds is 2. The van der Waals surface area contributed by atoms with Crippen LogP contribution in [0.15, 0.2) is 24.3 Å². The van der Waals surface area contributed by atoms with Gasteiger partial charge in [-0.25, -0.2) is 9.59 Å². The third kappa shape index (κ3) is 6.54. The molecule has 1 aromatic rings. The Bertz CT molecular complexity index is 394. The summed E-state index contributed by atoms with van der Waals surface area (Å²) in [7, 11) is 0. The molecule has 19 heavy (non-hydrogen) atoms. The van der Waals surface area contributed by atoms with Crippen molar-refractivity contribution in [2.24, 2.45) is 5.41 Å². The van der Waals surface area contributed by atoms with Gasteiger partial charge >= 0.3 is 11.9 Å². The predicted molar refractivity (Wildman–Crippen MR) is 68.0 cm³/mol. The summed E-state index contributed by atoms with van der Waals surface area (Å²) in [5, 5.41) is 33.8. The van der Waals surface area contributed by atoms with Crippen LogP contribution in [0.3, 0.4) is 0 Å². The second-order valence-corrected chi connectivity index (χ2v) is 4.93. The van der Waals surface area contributed by atoms with E-state index in [-0.39, 0.29) is 16.5 Å². The highest BCUT2D eigenvalue weighted by atomic mass is 16.5. The lowest BCUT2D eigenvalue weighted by Gasteiger charge is -2.19. The lowest BCUT2D eigenvalue weighted by molar-refractivity contribution is -0.113. The molecule has 1 rings (SSSR count). The molecule has 4 N–H and O–H groups in total. The first-order valence-electron chi connectivity index (χ1n) is 5.48. The van der Waals surface area contributed by atoms with Gasteiger partial charge in [0, 0.05) is 5.41 Å². The van der Waals surface area contributed by atoms with Gasteiger partial charge < -0.3 is 20.4 Å². The van der Waals surface area contributed by atoms with Crippen LogP contribution in [-0.2, 0) is 0 Å². The van der Waals surface area contributed by atoms with Gasteiger partial charge in [0.25, 0.3) is 0 Å². The van der Waals surface area contributed by atoms with Gasteiger partial charge in [0.1, 0.15) is 0 Å². The second kappa shape index (κ2) is 6.86. The van der Waals surface area contributed by atoms with Crippen LogP contribution in [0.4, 0.5) is 0 Å². The molecule has 0 fully saturated rings. The molecule has 106 valence electrons. The van der Waals surface area contributed by atoms with Crippen molar-refractivity contribution in [2.45, 2.75) is 27.1 Å². The van der Waals surface area contributed by atoms with E-state index in [1.165, 1.54) is 24.3 Å². The van der Waals surface area contributed by atoms with Crippen LogP contribution in [0.2, 0.25) is 0 Å². The summed E-state index contributed by atoms with van der Waals surface area (Å²) in [5.74, 6) is -2.13. The number of carboxylic acids is 2. The zero-order valence-electron chi connectivity index (χ0n) is 11.0. The molecule has 0 aromatic heterocycles. The van der Waals surface area contributed by atoms with Crippen molar-refractivity contribution in [1.29, 1.82) is 0 Å². The Hall–Kier alpha value is -1.92. The van der Waals surface area contributed by atoms with Crippen molar-refractivity contribution in [3.8, 4) is 0 Å². The predicted octanol–water partition coefficient (Wildman–Crippen LogP) is 1.43. The fourth-order valence-electron chi connectivity index (χ4n) is 0.755. The van der Waals surface area contributed by atoms with Crippen LogP contribution in [0.5, 0.6) is 0 Å². The number of aliphatic hydroxyl groups excluding tert-OH is 1. The molecule has 0 atom stereocenters. The summed E-state index contributed by atoms with van der Waals surface area (Å²) >= 11 is 0. The van der Waals surface area contributed by atoms with Crippen LogP contribution in [0.25, 0.3) is 0 Å². The summed E-state index contributed by atoms with van der Waals surface area (Å²) in [4.78, 5) is 20.7. The Morgan fingerprint density at radius 3 is 1.21 bits per heavy atom. The highest BCUT2D eigenvalue weighted by Crippen LogP contribution is 2.15. The van der Waals surface area contributed by atoms with Crippen LogP contribution >= 0.6 is 0 Å². The average molecular weight is 270 g/mol. The van der Waals surface area contributed by atoms with Crippen molar-refractivity contribution in [1.82, 2.24) is 0 Å². The Balaban J connectivity index is 0.000000399. The van der Waals surface area contributed by atoms with E-state index >= 15 is 0 Å². The maximum atomic E-state index is 10.3. The molecule has 0 saturated carbocycles. The molecule has 0 radical (unpaired) electrons. The summed E-state index contributed by atoms with van der Waals surface area (Å²) in [6, 6.07) is 5.02. The number of benzene rings is 1. The Morgan fingerprint density at radius 2 is 1.11 bits per heavy atom. The Labute approximate surface area is 110 Å². The SMILES string of the molecule is CC(C)(C)C(O)O.O=C(O)c1ccc(C(=O)O)cc1. The van der Waals surface area contributed by atoms with Crippen molar-refractivity contribution < 1.29 is 30.0 Å². The number of aromatic carboxylic acids is 2. The smallest absolute Gasteiger partial charge is 0.335 e. The van der Waals surface area contributed by atoms with E-state index in [0.717, 1.165) is 0 Å². The highest BCUT2D eigenvalue weighted by Gasteiger charge is 2.18. The molecule has 6 nitrogen and oxygen atoms in total. The molecule has 0 aliphatic rings. The first-order chi connectivity index (χ1) is 8.55. The zero-order chi connectivity index (χ0) is 15.2. The van der Waals surface area contributed by atoms with Crippen LogP contribution in [0, 0.1) is 5.41 Å². The van der Waals surface area contributed by atoms with Gasteiger partial charge in [-0.2, -0.15) is 0 Å². The van der Waals surface area contributed by atoms with E-state index < -0.39 is 18.2 Å². The fourth-order valence-corrected chi connectivity index (χ4v) is 0.755. The van der Waals surface area contributed by atoms with Gasteiger partial charge in [0.05, 0.1) is 11.1 Å². The van der Waals surface area contributed by atoms with E-state index in [1.807, 2.05) is 0 Å². The number of carboxylic acid groups (broad SMARTS) is 2. The lowest BCUT2D eigenvalue weighted by Crippen LogP contribution is -2.24. The van der Waals surface area contributed by atoms with Gasteiger partial charge in [-0.15, -0.1) is 0 Å². The summed E-state index contributed by atoms with van der Waals surface area (Å²) < 4.78 is 0. The lowest BCUT2D eigenvalue weighted by atomic mass is 9.96. The molecular formula is C13H18O6. The standard InChI is InChI=1S/C8H6O4.C5H12O2/c9-7(10)5-1-2-6(4-3-5)8(11)12;1-5(2,3)4(6)7/h1-4H,(H,9,10)(H,11,12);4,6-7H,1-3H3. The summed E-state index contributed by atoms with van der Waals surface area (Å²) in [6.45, 7) is 5.28. The molecule has 0 spiro atoms. The van der Waals surface area contributed by atoms with Crippen LogP contribution in [-0.4, -0.2) is 38.7 Å². The van der Waals surface area contributed by atoms with Crippen molar-refractivity contribution >= 4 is 11.9 Å². The summed E-state index contributed by atoms with van der Waals surface area (Å²) in [5.41, 5.74) is -0.222. The molecule has 0 heterocycles. The van der Waals surface area contributed by atoms with E-state index in [4.69, 9.17) is 20.4 Å². The Morgan fingerprint density at radius 1 is 0.895 bits per heavy atom. The molecule has 0 aliphatic carbocycles. The van der Waals surface area contributed by atoms with Crippen molar-refractivity contribution in [3.05, 3.63) is 35.4 Å². The third-order valence-corrected chi connectivity index (χ3v) is 2.15. The van der Waals surface area contributed by atoms with Gasteiger partial charge in [-0.3, -0.25) is 0 Å². The molecule has 0 unspecified atom stereocenters. The van der Waals surface area contributed by atoms with E-state index in [9.17, 15) is 9.59 Å². The van der Waals surface area contributed by atoms with E-state index in [2.05, 4.69) is 0 Å². The van der Waals surface area contributed by atoms with Crippen LogP contribution < -0.4 is 0 Å². The topological polar surface area (TPSA) is 115 Å². The van der Waals surface area contributed by atoms with Gasteiger partial charge in [0.2, 0.25) is 0 Å². The number of aliphatic hydroxyl groups is 2. The third-order valence-electron chi connectivity index (χ3n) is 2.15. The maximum Gasteiger partial charge on any atom is 0.335 e. The summed E-state index contributed by atoms with van der Waals surface area (Å²) in [6.07, 6.45) is -1.20. The van der Waals surface area contributed by atoms with Crippen molar-refractivity contribution in [3.63, 3.8) is 0 Å². The number of carbonyl (C=O) groups is 2. The quantitative estimate of drug-likeness (QED) is 0.604. The van der Waals surface area contributed by atoms with Crippen LogP contribution in [0.1, 0.15) is 41.5 Å². The van der Waals surface area contributed by atoms with Gasteiger partial charge in [-0.1, -0.05) is 20.8 Å². The second-order valence-electron chi connectivity index (χ2n) is 4.93. The molecule has 1 aromatic carbocycles. The molecule has 6 heteroatoms. The average Bonchev–Trinajstić information content (AvgIpc) is 2.28. The largest absolute Gasteiger partial charge is 0.478 e. The molecule has 0 saturated heterocycles. The molecule has 0 aliphatic heterocycles. The van der Waals surface area contributed by atoms with Gasteiger partial charge in [0.15, 0.2) is 6.29 Å². The molecular weight excluding hydrogens is 252 g/mol. The highest BCUT2D eigenvalue weighted by molar-refractivity contribution is 5.91. The molecule has 0 bridgehead atoms. The van der Waals surface area contributed by atoms with E-state index in [0.29, 0.717) is 0 Å². The normalized spacial score (nSPS) is 10.6. The van der Waals surface area contributed by atoms with E-state index in [1.54, 1.807) is 20.8 Å². The minimum atomic E-state index is -1.20. The first-order valence-corrected chi connectivity index (χ1v) is 5.48. The van der Waals surface area contributed by atoms with Crippen molar-refractivity contribution in [2.75, 3.05) is 0 Å². The Kier molecular flexibility index (Phi) is 6.17. The first kappa shape index (κ1) is 17.1. The number of hydrogen-bond acceptors (Lipinski definition) is 4. The minimum absolute atomic E-state index is 0.0833. The minimum Gasteiger partial charge on any atom is -0.478 e. The molecule has 0 amide bonds. The number of hydrogen-bond donors (Lipinski definition) is 4. The monoisotopic (exact) mass is 270 g/mol. The fraction of sp³-hybridized carbons (Fsp3) is 0.385. The maximum absolute atomic E-state index is 10.3. The van der Waals surface area contributed by atoms with Gasteiger partial charge in [-0.05, 0) is 24.3 Å². The zero-order valence-corrected chi connectivity index (χ0v) is 11.0.